The first-order chi connectivity index (χ1) is 12.4. The lowest BCUT2D eigenvalue weighted by molar-refractivity contribution is -0.119. The van der Waals surface area contributed by atoms with Gasteiger partial charge in [-0.15, -0.1) is 11.8 Å². The van der Waals surface area contributed by atoms with Crippen molar-refractivity contribution >= 4 is 35.2 Å². The first-order valence-electron chi connectivity index (χ1n) is 7.73. The number of nitrogens with one attached hydrogen (secondary N) is 3. The maximum atomic E-state index is 12.8. The Morgan fingerprint density at radius 2 is 1.50 bits per heavy atom. The largest absolute Gasteiger partial charge is 0.325 e. The highest BCUT2D eigenvalue weighted by Gasteiger charge is 2.09. The molecule has 26 heavy (non-hydrogen) atoms. The van der Waals surface area contributed by atoms with E-state index in [0.717, 1.165) is 29.5 Å². The van der Waals surface area contributed by atoms with Crippen LogP contribution < -0.4 is 16.2 Å². The molecule has 0 unspecified atom stereocenters. The Morgan fingerprint density at radius 1 is 0.885 bits per heavy atom. The van der Waals surface area contributed by atoms with Crippen LogP contribution in [0.2, 0.25) is 0 Å². The zero-order valence-electron chi connectivity index (χ0n) is 14.0. The molecule has 3 N–H and O–H groups in total. The maximum absolute atomic E-state index is 12.8. The number of rotatable bonds is 6. The zero-order valence-corrected chi connectivity index (χ0v) is 14.9. The maximum Gasteiger partial charge on any atom is 0.269 e. The van der Waals surface area contributed by atoms with E-state index in [4.69, 9.17) is 0 Å². The zero-order chi connectivity index (χ0) is 18.9. The SMILES string of the molecule is Cc1ccc(NC(=O)CSCC(=O)NNC(=O)c2ccc(F)cc2)cc1. The summed E-state index contributed by atoms with van der Waals surface area (Å²) in [4.78, 5) is 35.2. The number of aryl methyl sites for hydroxylation is 1. The van der Waals surface area contributed by atoms with Gasteiger partial charge in [-0.3, -0.25) is 25.2 Å². The lowest BCUT2D eigenvalue weighted by Gasteiger charge is -2.08. The van der Waals surface area contributed by atoms with Crippen LogP contribution in [0.15, 0.2) is 48.5 Å². The minimum atomic E-state index is -0.555. The van der Waals surface area contributed by atoms with Crippen LogP contribution in [0.5, 0.6) is 0 Å². The fraction of sp³-hybridized carbons (Fsp3) is 0.167. The van der Waals surface area contributed by atoms with Gasteiger partial charge in [-0.2, -0.15) is 0 Å². The molecule has 0 atom stereocenters. The molecule has 0 aliphatic carbocycles. The molecular formula is C18H18FN3O3S. The molecule has 0 aliphatic rings. The van der Waals surface area contributed by atoms with E-state index in [9.17, 15) is 18.8 Å². The van der Waals surface area contributed by atoms with Crippen molar-refractivity contribution in [1.82, 2.24) is 10.9 Å². The standard InChI is InChI=1S/C18H18FN3O3S/c1-12-2-8-15(9-3-12)20-16(23)10-26-11-17(24)21-22-18(25)13-4-6-14(19)7-5-13/h2-9H,10-11H2,1H3,(H,20,23)(H,21,24)(H,22,25). The van der Waals surface area contributed by atoms with E-state index in [0.29, 0.717) is 5.69 Å². The van der Waals surface area contributed by atoms with Gasteiger partial charge in [0.2, 0.25) is 11.8 Å². The number of benzene rings is 2. The molecule has 0 saturated carbocycles. The van der Waals surface area contributed by atoms with Crippen molar-refractivity contribution in [2.75, 3.05) is 16.8 Å². The fourth-order valence-electron chi connectivity index (χ4n) is 1.91. The van der Waals surface area contributed by atoms with E-state index >= 15 is 0 Å². The van der Waals surface area contributed by atoms with Gasteiger partial charge in [0.05, 0.1) is 11.5 Å². The number of halogens is 1. The van der Waals surface area contributed by atoms with Gasteiger partial charge in [0.25, 0.3) is 5.91 Å². The molecule has 0 aromatic heterocycles. The van der Waals surface area contributed by atoms with E-state index in [1.54, 1.807) is 12.1 Å². The van der Waals surface area contributed by atoms with E-state index in [2.05, 4.69) is 16.2 Å². The lowest BCUT2D eigenvalue weighted by atomic mass is 10.2. The van der Waals surface area contributed by atoms with Crippen molar-refractivity contribution in [3.63, 3.8) is 0 Å². The number of carbonyl (C=O) groups excluding carboxylic acids is 3. The molecule has 8 heteroatoms. The molecule has 0 saturated heterocycles. The van der Waals surface area contributed by atoms with Crippen LogP contribution in [0.4, 0.5) is 10.1 Å². The number of amides is 3. The Kier molecular flexibility index (Phi) is 7.16. The van der Waals surface area contributed by atoms with Gasteiger partial charge in [-0.05, 0) is 43.3 Å². The average Bonchev–Trinajstić information content (AvgIpc) is 2.62. The number of hydrazine groups is 1. The summed E-state index contributed by atoms with van der Waals surface area (Å²) < 4.78 is 12.8. The Hall–Kier alpha value is -2.87. The molecular weight excluding hydrogens is 357 g/mol. The van der Waals surface area contributed by atoms with Crippen LogP contribution >= 0.6 is 11.8 Å². The third-order valence-corrected chi connectivity index (χ3v) is 4.16. The summed E-state index contributed by atoms with van der Waals surface area (Å²) in [6.07, 6.45) is 0. The van der Waals surface area contributed by atoms with Crippen molar-refractivity contribution in [2.24, 2.45) is 0 Å². The third-order valence-electron chi connectivity index (χ3n) is 3.22. The topological polar surface area (TPSA) is 87.3 Å². The van der Waals surface area contributed by atoms with Gasteiger partial charge >= 0.3 is 0 Å². The summed E-state index contributed by atoms with van der Waals surface area (Å²) in [5.41, 5.74) is 6.47. The van der Waals surface area contributed by atoms with Crippen LogP contribution in [-0.2, 0) is 9.59 Å². The van der Waals surface area contributed by atoms with Gasteiger partial charge in [0, 0.05) is 11.3 Å². The van der Waals surface area contributed by atoms with Crippen LogP contribution in [0.1, 0.15) is 15.9 Å². The third kappa shape index (κ3) is 6.56. The molecule has 2 rings (SSSR count). The van der Waals surface area contributed by atoms with E-state index in [-0.39, 0.29) is 23.0 Å². The quantitative estimate of drug-likeness (QED) is 0.676. The van der Waals surface area contributed by atoms with Crippen LogP contribution in [0, 0.1) is 12.7 Å². The fourth-order valence-corrected chi connectivity index (χ4v) is 2.52. The predicted octanol–water partition coefficient (Wildman–Crippen LogP) is 2.27. The number of hydrogen-bond acceptors (Lipinski definition) is 4. The van der Waals surface area contributed by atoms with E-state index < -0.39 is 17.6 Å². The highest BCUT2D eigenvalue weighted by molar-refractivity contribution is 8.00. The molecule has 2 aromatic rings. The van der Waals surface area contributed by atoms with Gasteiger partial charge in [0.15, 0.2) is 0 Å². The summed E-state index contributed by atoms with van der Waals surface area (Å²) in [6, 6.07) is 12.3. The second kappa shape index (κ2) is 9.57. The molecule has 6 nitrogen and oxygen atoms in total. The summed E-state index contributed by atoms with van der Waals surface area (Å²) in [7, 11) is 0. The number of anilines is 1. The highest BCUT2D eigenvalue weighted by Crippen LogP contribution is 2.09. The van der Waals surface area contributed by atoms with Crippen molar-refractivity contribution in [2.45, 2.75) is 6.92 Å². The molecule has 2 aromatic carbocycles. The molecule has 0 fully saturated rings. The molecule has 3 amide bonds. The Morgan fingerprint density at radius 3 is 2.15 bits per heavy atom. The van der Waals surface area contributed by atoms with Crippen molar-refractivity contribution in [3.05, 3.63) is 65.5 Å². The summed E-state index contributed by atoms with van der Waals surface area (Å²) in [6.45, 7) is 1.95. The summed E-state index contributed by atoms with van der Waals surface area (Å²) in [5, 5.41) is 2.73. The number of thioether (sulfide) groups is 1. The second-order valence-corrected chi connectivity index (χ2v) is 6.40. The van der Waals surface area contributed by atoms with Gasteiger partial charge in [-0.25, -0.2) is 4.39 Å². The minimum absolute atomic E-state index is 0.00498. The average molecular weight is 375 g/mol. The van der Waals surface area contributed by atoms with Gasteiger partial charge in [-0.1, -0.05) is 17.7 Å². The Balaban J connectivity index is 1.65. The summed E-state index contributed by atoms with van der Waals surface area (Å²) in [5.74, 6) is -1.57. The predicted molar refractivity (Wildman–Crippen MR) is 99.1 cm³/mol. The van der Waals surface area contributed by atoms with Gasteiger partial charge < -0.3 is 5.32 Å². The van der Waals surface area contributed by atoms with Crippen molar-refractivity contribution < 1.29 is 18.8 Å². The lowest BCUT2D eigenvalue weighted by Crippen LogP contribution is -2.42. The van der Waals surface area contributed by atoms with Crippen molar-refractivity contribution in [1.29, 1.82) is 0 Å². The highest BCUT2D eigenvalue weighted by atomic mass is 32.2. The van der Waals surface area contributed by atoms with Gasteiger partial charge in [0.1, 0.15) is 5.82 Å². The van der Waals surface area contributed by atoms with Crippen LogP contribution in [-0.4, -0.2) is 29.2 Å². The Labute approximate surface area is 154 Å². The second-order valence-electron chi connectivity index (χ2n) is 5.42. The van der Waals surface area contributed by atoms with E-state index in [1.165, 1.54) is 12.1 Å². The molecule has 0 bridgehead atoms. The van der Waals surface area contributed by atoms with E-state index in [1.807, 2.05) is 19.1 Å². The first kappa shape index (κ1) is 19.5. The molecule has 0 spiro atoms. The molecule has 0 heterocycles. The van der Waals surface area contributed by atoms with Crippen LogP contribution in [0.3, 0.4) is 0 Å². The monoisotopic (exact) mass is 375 g/mol. The normalized spacial score (nSPS) is 10.1. The first-order valence-corrected chi connectivity index (χ1v) is 8.88. The molecule has 0 aliphatic heterocycles. The summed E-state index contributed by atoms with van der Waals surface area (Å²) >= 11 is 1.12. The smallest absolute Gasteiger partial charge is 0.269 e. The van der Waals surface area contributed by atoms with Crippen LogP contribution in [0.25, 0.3) is 0 Å². The number of carbonyl (C=O) groups is 3. The minimum Gasteiger partial charge on any atom is -0.325 e. The number of hydrogen-bond donors (Lipinski definition) is 3. The van der Waals surface area contributed by atoms with Crippen molar-refractivity contribution in [3.8, 4) is 0 Å². The Bertz CT molecular complexity index is 779. The molecule has 0 radical (unpaired) electrons. The molecule has 136 valence electrons.